The average molecular weight is 228 g/mol. The van der Waals surface area contributed by atoms with Crippen molar-refractivity contribution in [2.24, 2.45) is 0 Å². The molecule has 2 rings (SSSR count). The number of benzene rings is 1. The summed E-state index contributed by atoms with van der Waals surface area (Å²) in [7, 11) is 0. The monoisotopic (exact) mass is 228 g/mol. The first kappa shape index (κ1) is 11.9. The number of aryl methyl sites for hydroxylation is 3. The van der Waals surface area contributed by atoms with E-state index in [1.807, 2.05) is 6.20 Å². The van der Waals surface area contributed by atoms with Crippen molar-refractivity contribution in [1.29, 1.82) is 0 Å². The van der Waals surface area contributed by atoms with Gasteiger partial charge in [-0.3, -0.25) is 0 Å². The molecule has 0 saturated heterocycles. The highest BCUT2D eigenvalue weighted by molar-refractivity contribution is 5.30. The lowest BCUT2D eigenvalue weighted by molar-refractivity contribution is 0.704. The van der Waals surface area contributed by atoms with Gasteiger partial charge in [-0.2, -0.15) is 0 Å². The Bertz CT molecular complexity index is 497. The van der Waals surface area contributed by atoms with Gasteiger partial charge in [0.25, 0.3) is 0 Å². The maximum atomic E-state index is 4.41. The van der Waals surface area contributed by atoms with Crippen molar-refractivity contribution in [1.82, 2.24) is 9.55 Å². The summed E-state index contributed by atoms with van der Waals surface area (Å²) in [5.41, 5.74) is 4.07. The van der Waals surface area contributed by atoms with Gasteiger partial charge in [0, 0.05) is 25.4 Å². The molecule has 2 heteroatoms. The summed E-state index contributed by atoms with van der Waals surface area (Å²) < 4.78 is 2.24. The highest BCUT2D eigenvalue weighted by Gasteiger charge is 2.03. The number of hydrogen-bond donors (Lipinski definition) is 0. The van der Waals surface area contributed by atoms with E-state index in [1.165, 1.54) is 22.5 Å². The highest BCUT2D eigenvalue weighted by atomic mass is 15.1. The number of rotatable bonds is 4. The van der Waals surface area contributed by atoms with Gasteiger partial charge in [0.1, 0.15) is 5.82 Å². The van der Waals surface area contributed by atoms with Crippen LogP contribution in [0.4, 0.5) is 0 Å². The Morgan fingerprint density at radius 1 is 1.18 bits per heavy atom. The van der Waals surface area contributed by atoms with Crippen molar-refractivity contribution in [3.63, 3.8) is 0 Å². The molecule has 0 fully saturated rings. The first-order valence-electron chi connectivity index (χ1n) is 6.27. The van der Waals surface area contributed by atoms with E-state index in [0.29, 0.717) is 0 Å². The molecular weight excluding hydrogens is 208 g/mol. The molecule has 0 atom stereocenters. The van der Waals surface area contributed by atoms with Crippen LogP contribution in [0.1, 0.15) is 35.9 Å². The Kier molecular flexibility index (Phi) is 3.62. The lowest BCUT2D eigenvalue weighted by Gasteiger charge is -2.09. The van der Waals surface area contributed by atoms with E-state index < -0.39 is 0 Å². The predicted molar refractivity (Wildman–Crippen MR) is 71.2 cm³/mol. The van der Waals surface area contributed by atoms with Gasteiger partial charge in [0.2, 0.25) is 0 Å². The van der Waals surface area contributed by atoms with Gasteiger partial charge < -0.3 is 4.57 Å². The van der Waals surface area contributed by atoms with Crippen molar-refractivity contribution in [3.05, 3.63) is 53.1 Å². The maximum Gasteiger partial charge on any atom is 0.108 e. The molecule has 2 aromatic rings. The summed E-state index contributed by atoms with van der Waals surface area (Å²) >= 11 is 0. The number of aromatic nitrogens is 2. The third kappa shape index (κ3) is 2.76. The van der Waals surface area contributed by atoms with E-state index in [0.717, 1.165) is 19.4 Å². The van der Waals surface area contributed by atoms with Crippen LogP contribution in [-0.2, 0) is 13.0 Å². The van der Waals surface area contributed by atoms with Crippen molar-refractivity contribution in [2.45, 2.75) is 40.2 Å². The molecule has 2 nitrogen and oxygen atoms in total. The zero-order valence-corrected chi connectivity index (χ0v) is 10.9. The quantitative estimate of drug-likeness (QED) is 0.783. The molecule has 0 aliphatic rings. The largest absolute Gasteiger partial charge is 0.331 e. The topological polar surface area (TPSA) is 17.8 Å². The summed E-state index contributed by atoms with van der Waals surface area (Å²) in [5, 5.41) is 0. The van der Waals surface area contributed by atoms with Crippen LogP contribution in [-0.4, -0.2) is 9.55 Å². The fraction of sp³-hybridized carbons (Fsp3) is 0.400. The van der Waals surface area contributed by atoms with Crippen molar-refractivity contribution >= 4 is 0 Å². The van der Waals surface area contributed by atoms with Crippen molar-refractivity contribution in [2.75, 3.05) is 0 Å². The van der Waals surface area contributed by atoms with Gasteiger partial charge in [-0.05, 0) is 37.0 Å². The third-order valence-electron chi connectivity index (χ3n) is 3.20. The van der Waals surface area contributed by atoms with Crippen LogP contribution in [0.15, 0.2) is 30.6 Å². The molecule has 0 N–H and O–H groups in total. The van der Waals surface area contributed by atoms with Crippen LogP contribution < -0.4 is 0 Å². The van der Waals surface area contributed by atoms with E-state index in [2.05, 4.69) is 54.7 Å². The van der Waals surface area contributed by atoms with Gasteiger partial charge in [0.15, 0.2) is 0 Å². The molecule has 0 bridgehead atoms. The molecule has 0 unspecified atom stereocenters. The molecule has 0 amide bonds. The molecule has 17 heavy (non-hydrogen) atoms. The van der Waals surface area contributed by atoms with Crippen LogP contribution in [0.3, 0.4) is 0 Å². The Balaban J connectivity index is 2.19. The van der Waals surface area contributed by atoms with Crippen LogP contribution in [0.2, 0.25) is 0 Å². The number of hydrogen-bond acceptors (Lipinski definition) is 1. The SMILES string of the molecule is CCCc1nccn1Cc1ccc(C)c(C)c1. The van der Waals surface area contributed by atoms with Gasteiger partial charge in [0.05, 0.1) is 0 Å². The Hall–Kier alpha value is -1.57. The molecule has 0 aliphatic heterocycles. The number of imidazole rings is 1. The standard InChI is InChI=1S/C15H20N2/c1-4-5-15-16-8-9-17(15)11-14-7-6-12(2)13(3)10-14/h6-10H,4-5,11H2,1-3H3. The second-order valence-electron chi connectivity index (χ2n) is 4.64. The van der Waals surface area contributed by atoms with Crippen LogP contribution in [0.5, 0.6) is 0 Å². The van der Waals surface area contributed by atoms with E-state index in [1.54, 1.807) is 0 Å². The second kappa shape index (κ2) is 5.17. The first-order valence-corrected chi connectivity index (χ1v) is 6.27. The zero-order valence-electron chi connectivity index (χ0n) is 10.9. The summed E-state index contributed by atoms with van der Waals surface area (Å²) in [5.74, 6) is 1.19. The summed E-state index contributed by atoms with van der Waals surface area (Å²) in [4.78, 5) is 4.41. The van der Waals surface area contributed by atoms with Crippen molar-refractivity contribution in [3.8, 4) is 0 Å². The number of nitrogens with zero attached hydrogens (tertiary/aromatic N) is 2. The smallest absolute Gasteiger partial charge is 0.108 e. The Morgan fingerprint density at radius 3 is 2.71 bits per heavy atom. The van der Waals surface area contributed by atoms with E-state index >= 15 is 0 Å². The van der Waals surface area contributed by atoms with Crippen LogP contribution in [0, 0.1) is 13.8 Å². The molecule has 1 aromatic heterocycles. The van der Waals surface area contributed by atoms with Crippen LogP contribution in [0.25, 0.3) is 0 Å². The Labute approximate surface area is 103 Å². The third-order valence-corrected chi connectivity index (χ3v) is 3.20. The molecule has 1 aromatic carbocycles. The minimum absolute atomic E-state index is 0.927. The maximum absolute atomic E-state index is 4.41. The van der Waals surface area contributed by atoms with Crippen molar-refractivity contribution < 1.29 is 0 Å². The molecule has 0 radical (unpaired) electrons. The minimum atomic E-state index is 0.927. The molecule has 0 spiro atoms. The molecule has 90 valence electrons. The normalized spacial score (nSPS) is 10.8. The predicted octanol–water partition coefficient (Wildman–Crippen LogP) is 3.50. The fourth-order valence-electron chi connectivity index (χ4n) is 2.03. The van der Waals surface area contributed by atoms with Gasteiger partial charge in [-0.1, -0.05) is 25.1 Å². The van der Waals surface area contributed by atoms with Gasteiger partial charge in [-0.15, -0.1) is 0 Å². The minimum Gasteiger partial charge on any atom is -0.331 e. The molecule has 0 saturated carbocycles. The zero-order chi connectivity index (χ0) is 12.3. The fourth-order valence-corrected chi connectivity index (χ4v) is 2.03. The summed E-state index contributed by atoms with van der Waals surface area (Å²) in [6.07, 6.45) is 6.16. The molecule has 0 aliphatic carbocycles. The summed E-state index contributed by atoms with van der Waals surface area (Å²) in [6, 6.07) is 6.67. The first-order chi connectivity index (χ1) is 8.20. The van der Waals surface area contributed by atoms with E-state index in [-0.39, 0.29) is 0 Å². The second-order valence-corrected chi connectivity index (χ2v) is 4.64. The average Bonchev–Trinajstić information content (AvgIpc) is 2.72. The van der Waals surface area contributed by atoms with E-state index in [4.69, 9.17) is 0 Å². The summed E-state index contributed by atoms with van der Waals surface area (Å²) in [6.45, 7) is 7.43. The molecule has 1 heterocycles. The highest BCUT2D eigenvalue weighted by Crippen LogP contribution is 2.12. The lowest BCUT2D eigenvalue weighted by Crippen LogP contribution is -2.04. The Morgan fingerprint density at radius 2 is 2.00 bits per heavy atom. The molecular formula is C15H20N2. The van der Waals surface area contributed by atoms with Crippen LogP contribution >= 0.6 is 0 Å². The van der Waals surface area contributed by atoms with Gasteiger partial charge >= 0.3 is 0 Å². The van der Waals surface area contributed by atoms with E-state index in [9.17, 15) is 0 Å². The lowest BCUT2D eigenvalue weighted by atomic mass is 10.1. The van der Waals surface area contributed by atoms with Gasteiger partial charge in [-0.25, -0.2) is 4.98 Å².